The highest BCUT2D eigenvalue weighted by molar-refractivity contribution is 6.13. The molecule has 3 nitrogen and oxygen atoms in total. The Bertz CT molecular complexity index is 723. The molecule has 0 atom stereocenters. The molecule has 1 N–H and O–H groups in total. The number of aromatic nitrogens is 1. The van der Waals surface area contributed by atoms with E-state index in [1.807, 2.05) is 55.5 Å². The summed E-state index contributed by atoms with van der Waals surface area (Å²) < 4.78 is 0. The highest BCUT2D eigenvalue weighted by atomic mass is 15.3. The molecule has 0 aliphatic heterocycles. The first kappa shape index (κ1) is 14.0. The van der Waals surface area contributed by atoms with Gasteiger partial charge in [0.1, 0.15) is 0 Å². The third kappa shape index (κ3) is 3.20. The maximum Gasteiger partial charge on any atom is 0.0977 e. The predicted octanol–water partition coefficient (Wildman–Crippen LogP) is 4.25. The first-order valence-electron chi connectivity index (χ1n) is 7.21. The van der Waals surface area contributed by atoms with Gasteiger partial charge in [0, 0.05) is 17.3 Å². The average molecular weight is 287 g/mol. The fraction of sp³-hybridized carbons (Fsp3) is 0.0526. The van der Waals surface area contributed by atoms with Crippen LogP contribution < -0.4 is 5.43 Å². The average Bonchev–Trinajstić information content (AvgIpc) is 2.59. The Morgan fingerprint density at radius 2 is 1.41 bits per heavy atom. The summed E-state index contributed by atoms with van der Waals surface area (Å²) in [6.07, 6.45) is 1.78. The summed E-state index contributed by atoms with van der Waals surface area (Å²) in [5.74, 6) is 0. The lowest BCUT2D eigenvalue weighted by atomic mass is 10.0. The maximum atomic E-state index is 4.62. The number of pyridine rings is 1. The SMILES string of the molecule is Cc1ncccc1NN=C(c1ccccc1)c1ccccc1. The quantitative estimate of drug-likeness (QED) is 0.575. The molecule has 0 unspecified atom stereocenters. The highest BCUT2D eigenvalue weighted by Crippen LogP contribution is 2.14. The zero-order chi connectivity index (χ0) is 15.2. The van der Waals surface area contributed by atoms with E-state index in [0.29, 0.717) is 0 Å². The minimum atomic E-state index is 0.907. The Hall–Kier alpha value is -2.94. The van der Waals surface area contributed by atoms with Gasteiger partial charge >= 0.3 is 0 Å². The van der Waals surface area contributed by atoms with Crippen molar-refractivity contribution in [2.24, 2.45) is 5.10 Å². The van der Waals surface area contributed by atoms with Crippen LogP contribution in [-0.4, -0.2) is 10.7 Å². The van der Waals surface area contributed by atoms with Crippen molar-refractivity contribution >= 4 is 11.4 Å². The normalized spacial score (nSPS) is 10.0. The van der Waals surface area contributed by atoms with E-state index in [-0.39, 0.29) is 0 Å². The third-order valence-electron chi connectivity index (χ3n) is 3.39. The van der Waals surface area contributed by atoms with Gasteiger partial charge in [-0.3, -0.25) is 10.4 Å². The van der Waals surface area contributed by atoms with Crippen molar-refractivity contribution in [1.29, 1.82) is 0 Å². The van der Waals surface area contributed by atoms with Gasteiger partial charge in [-0.15, -0.1) is 0 Å². The topological polar surface area (TPSA) is 37.3 Å². The molecular weight excluding hydrogens is 270 g/mol. The van der Waals surface area contributed by atoms with Crippen LogP contribution in [0.2, 0.25) is 0 Å². The van der Waals surface area contributed by atoms with E-state index in [1.165, 1.54) is 0 Å². The first-order chi connectivity index (χ1) is 10.8. The van der Waals surface area contributed by atoms with Gasteiger partial charge in [0.05, 0.1) is 17.1 Å². The second-order valence-electron chi connectivity index (χ2n) is 4.94. The van der Waals surface area contributed by atoms with Crippen molar-refractivity contribution < 1.29 is 0 Å². The molecule has 0 saturated carbocycles. The van der Waals surface area contributed by atoms with E-state index in [2.05, 4.69) is 39.8 Å². The van der Waals surface area contributed by atoms with E-state index >= 15 is 0 Å². The number of nitrogens with zero attached hydrogens (tertiary/aromatic N) is 2. The number of hydrazone groups is 1. The lowest BCUT2D eigenvalue weighted by Gasteiger charge is -2.09. The highest BCUT2D eigenvalue weighted by Gasteiger charge is 2.06. The van der Waals surface area contributed by atoms with Gasteiger partial charge in [-0.1, -0.05) is 60.7 Å². The molecule has 22 heavy (non-hydrogen) atoms. The lowest BCUT2D eigenvalue weighted by Crippen LogP contribution is -2.07. The van der Waals surface area contributed by atoms with Gasteiger partial charge in [-0.25, -0.2) is 0 Å². The number of hydrogen-bond acceptors (Lipinski definition) is 3. The van der Waals surface area contributed by atoms with Gasteiger partial charge in [0.25, 0.3) is 0 Å². The molecule has 0 fully saturated rings. The van der Waals surface area contributed by atoms with Crippen molar-refractivity contribution in [3.05, 3.63) is 95.8 Å². The monoisotopic (exact) mass is 287 g/mol. The number of rotatable bonds is 4. The molecule has 1 heterocycles. The summed E-state index contributed by atoms with van der Waals surface area (Å²) in [7, 11) is 0. The largest absolute Gasteiger partial charge is 0.276 e. The Morgan fingerprint density at radius 1 is 0.818 bits per heavy atom. The Morgan fingerprint density at radius 3 is 1.95 bits per heavy atom. The summed E-state index contributed by atoms with van der Waals surface area (Å²) in [4.78, 5) is 4.27. The molecule has 3 heteroatoms. The standard InChI is InChI=1S/C19H17N3/c1-15-18(13-8-14-20-15)21-22-19(16-9-4-2-5-10-16)17-11-6-3-7-12-17/h2-14,21H,1H3. The molecule has 0 saturated heterocycles. The van der Waals surface area contributed by atoms with Gasteiger partial charge in [-0.05, 0) is 19.1 Å². The molecule has 108 valence electrons. The summed E-state index contributed by atoms with van der Waals surface area (Å²) in [6, 6.07) is 24.2. The van der Waals surface area contributed by atoms with E-state index in [1.54, 1.807) is 6.20 Å². The molecule has 2 aromatic carbocycles. The van der Waals surface area contributed by atoms with E-state index in [0.717, 1.165) is 28.2 Å². The third-order valence-corrected chi connectivity index (χ3v) is 3.39. The molecule has 0 radical (unpaired) electrons. The molecule has 3 rings (SSSR count). The van der Waals surface area contributed by atoms with Crippen LogP contribution >= 0.6 is 0 Å². The van der Waals surface area contributed by atoms with Gasteiger partial charge in [0.2, 0.25) is 0 Å². The van der Waals surface area contributed by atoms with E-state index in [4.69, 9.17) is 0 Å². The number of aryl methyl sites for hydroxylation is 1. The Kier molecular flexibility index (Phi) is 4.25. The number of anilines is 1. The van der Waals surface area contributed by atoms with Crippen LogP contribution in [0.3, 0.4) is 0 Å². The van der Waals surface area contributed by atoms with Crippen molar-refractivity contribution in [2.75, 3.05) is 5.43 Å². The van der Waals surface area contributed by atoms with Gasteiger partial charge in [0.15, 0.2) is 0 Å². The summed E-state index contributed by atoms with van der Waals surface area (Å²) in [6.45, 7) is 1.96. The number of hydrogen-bond donors (Lipinski definition) is 1. The fourth-order valence-electron chi connectivity index (χ4n) is 2.21. The van der Waals surface area contributed by atoms with Crippen molar-refractivity contribution in [2.45, 2.75) is 6.92 Å². The first-order valence-corrected chi connectivity index (χ1v) is 7.21. The minimum absolute atomic E-state index is 0.907. The van der Waals surface area contributed by atoms with E-state index < -0.39 is 0 Å². The van der Waals surface area contributed by atoms with Crippen LogP contribution in [0.4, 0.5) is 5.69 Å². The molecule has 0 spiro atoms. The maximum absolute atomic E-state index is 4.62. The number of benzene rings is 2. The predicted molar refractivity (Wildman–Crippen MR) is 91.1 cm³/mol. The van der Waals surface area contributed by atoms with Crippen LogP contribution in [0.15, 0.2) is 84.1 Å². The zero-order valence-corrected chi connectivity index (χ0v) is 12.4. The molecule has 1 aromatic heterocycles. The van der Waals surface area contributed by atoms with Gasteiger partial charge in [-0.2, -0.15) is 5.10 Å². The lowest BCUT2D eigenvalue weighted by molar-refractivity contribution is 1.17. The molecule has 3 aromatic rings. The minimum Gasteiger partial charge on any atom is -0.276 e. The molecule has 0 bridgehead atoms. The molecule has 0 aliphatic carbocycles. The van der Waals surface area contributed by atoms with Gasteiger partial charge < -0.3 is 0 Å². The molecule has 0 aliphatic rings. The Balaban J connectivity index is 1.99. The van der Waals surface area contributed by atoms with Crippen molar-refractivity contribution in [3.63, 3.8) is 0 Å². The summed E-state index contributed by atoms with van der Waals surface area (Å²) in [5, 5.41) is 4.62. The van der Waals surface area contributed by atoms with E-state index in [9.17, 15) is 0 Å². The second-order valence-corrected chi connectivity index (χ2v) is 4.94. The summed E-state index contributed by atoms with van der Waals surface area (Å²) in [5.41, 5.74) is 8.02. The zero-order valence-electron chi connectivity index (χ0n) is 12.4. The van der Waals surface area contributed by atoms with Crippen molar-refractivity contribution in [1.82, 2.24) is 4.98 Å². The van der Waals surface area contributed by atoms with Crippen molar-refractivity contribution in [3.8, 4) is 0 Å². The smallest absolute Gasteiger partial charge is 0.0977 e. The van der Waals surface area contributed by atoms with Crippen LogP contribution in [0.25, 0.3) is 0 Å². The van der Waals surface area contributed by atoms with Crippen LogP contribution in [-0.2, 0) is 0 Å². The van der Waals surface area contributed by atoms with Crippen LogP contribution in [0.5, 0.6) is 0 Å². The van der Waals surface area contributed by atoms with Crippen LogP contribution in [0.1, 0.15) is 16.8 Å². The van der Waals surface area contributed by atoms with Crippen LogP contribution in [0, 0.1) is 6.92 Å². The fourth-order valence-corrected chi connectivity index (χ4v) is 2.21. The number of nitrogens with one attached hydrogen (secondary N) is 1. The Labute approximate surface area is 130 Å². The second kappa shape index (κ2) is 6.68. The molecular formula is C19H17N3. The summed E-state index contributed by atoms with van der Waals surface area (Å²) >= 11 is 0. The molecule has 0 amide bonds.